The summed E-state index contributed by atoms with van der Waals surface area (Å²) in [5.41, 5.74) is 1.95. The highest BCUT2D eigenvalue weighted by atomic mass is 16.5. The molecule has 35 heavy (non-hydrogen) atoms. The highest BCUT2D eigenvalue weighted by Gasteiger charge is 2.48. The minimum absolute atomic E-state index is 0.0137. The van der Waals surface area contributed by atoms with Gasteiger partial charge in [0.25, 0.3) is 11.7 Å². The van der Waals surface area contributed by atoms with E-state index in [1.807, 2.05) is 38.1 Å². The first kappa shape index (κ1) is 22.3. The fourth-order valence-electron chi connectivity index (χ4n) is 4.48. The standard InChI is InChI=1S/C28H24N2O5/c1-16(2)35-18-13-11-17(12-14-18)26(32)24-25(20-15-29-21-8-4-3-7-19(20)21)30(28(34)27(24)33)22-9-5-6-10-23(22)31/h3-16,25,29,31-32H,1-2H3/b26-24+. The molecule has 0 radical (unpaired) electrons. The predicted molar refractivity (Wildman–Crippen MR) is 133 cm³/mol. The van der Waals surface area contributed by atoms with Gasteiger partial charge in [-0.2, -0.15) is 0 Å². The smallest absolute Gasteiger partial charge is 0.300 e. The Morgan fingerprint density at radius 2 is 1.66 bits per heavy atom. The van der Waals surface area contributed by atoms with E-state index in [-0.39, 0.29) is 28.9 Å². The van der Waals surface area contributed by atoms with E-state index < -0.39 is 17.7 Å². The van der Waals surface area contributed by atoms with Crippen LogP contribution < -0.4 is 9.64 Å². The first-order valence-corrected chi connectivity index (χ1v) is 11.3. The molecule has 176 valence electrons. The topological polar surface area (TPSA) is 103 Å². The highest BCUT2D eigenvalue weighted by Crippen LogP contribution is 2.46. The highest BCUT2D eigenvalue weighted by molar-refractivity contribution is 6.52. The maximum absolute atomic E-state index is 13.3. The second-order valence-corrected chi connectivity index (χ2v) is 8.64. The second kappa shape index (κ2) is 8.68. The Morgan fingerprint density at radius 3 is 2.37 bits per heavy atom. The molecule has 0 bridgehead atoms. The Morgan fingerprint density at radius 1 is 0.971 bits per heavy atom. The average Bonchev–Trinajstić information content (AvgIpc) is 3.38. The number of aromatic hydroxyl groups is 1. The van der Waals surface area contributed by atoms with Crippen LogP contribution in [0.2, 0.25) is 0 Å². The van der Waals surface area contributed by atoms with E-state index in [1.165, 1.54) is 11.0 Å². The maximum atomic E-state index is 13.3. The van der Waals surface area contributed by atoms with Gasteiger partial charge in [0, 0.05) is 28.2 Å². The monoisotopic (exact) mass is 468 g/mol. The summed E-state index contributed by atoms with van der Waals surface area (Å²) in [6.07, 6.45) is 1.71. The molecular weight excluding hydrogens is 444 g/mol. The van der Waals surface area contributed by atoms with E-state index in [0.29, 0.717) is 16.9 Å². The molecular formula is C28H24N2O5. The molecule has 1 atom stereocenters. The number of hydrogen-bond donors (Lipinski definition) is 3. The van der Waals surface area contributed by atoms with Gasteiger partial charge in [-0.25, -0.2) is 0 Å². The van der Waals surface area contributed by atoms with E-state index >= 15 is 0 Å². The Hall–Kier alpha value is -4.52. The lowest BCUT2D eigenvalue weighted by Crippen LogP contribution is -2.29. The van der Waals surface area contributed by atoms with Gasteiger partial charge in [-0.3, -0.25) is 14.5 Å². The number of aliphatic hydroxyl groups is 1. The van der Waals surface area contributed by atoms with E-state index in [0.717, 1.165) is 10.9 Å². The summed E-state index contributed by atoms with van der Waals surface area (Å²) in [6.45, 7) is 3.82. The second-order valence-electron chi connectivity index (χ2n) is 8.64. The summed E-state index contributed by atoms with van der Waals surface area (Å²) in [6, 6.07) is 19.6. The van der Waals surface area contributed by atoms with E-state index in [1.54, 1.807) is 48.7 Å². The van der Waals surface area contributed by atoms with E-state index in [9.17, 15) is 19.8 Å². The molecule has 2 heterocycles. The van der Waals surface area contributed by atoms with Crippen LogP contribution in [0.1, 0.15) is 31.0 Å². The summed E-state index contributed by atoms with van der Waals surface area (Å²) in [7, 11) is 0. The largest absolute Gasteiger partial charge is 0.507 e. The van der Waals surface area contributed by atoms with Crippen molar-refractivity contribution in [3.8, 4) is 11.5 Å². The number of hydrogen-bond acceptors (Lipinski definition) is 5. The number of carbonyl (C=O) groups is 2. The molecule has 1 unspecified atom stereocenters. The number of ether oxygens (including phenoxy) is 1. The maximum Gasteiger partial charge on any atom is 0.300 e. The average molecular weight is 469 g/mol. The predicted octanol–water partition coefficient (Wildman–Crippen LogP) is 5.29. The molecule has 4 aromatic rings. The van der Waals surface area contributed by atoms with Gasteiger partial charge in [0.05, 0.1) is 23.4 Å². The Kier molecular flexibility index (Phi) is 5.53. The van der Waals surface area contributed by atoms with Crippen molar-refractivity contribution in [1.82, 2.24) is 4.98 Å². The first-order valence-electron chi connectivity index (χ1n) is 11.3. The molecule has 7 heteroatoms. The number of fused-ring (bicyclic) bond motifs is 1. The number of ketones is 1. The van der Waals surface area contributed by atoms with Crippen LogP contribution in [0.4, 0.5) is 5.69 Å². The van der Waals surface area contributed by atoms with Crippen molar-refractivity contribution >= 4 is 34.0 Å². The number of H-pyrrole nitrogens is 1. The molecule has 1 fully saturated rings. The molecule has 5 rings (SSSR count). The summed E-state index contributed by atoms with van der Waals surface area (Å²) < 4.78 is 5.67. The van der Waals surface area contributed by atoms with Crippen LogP contribution in [-0.2, 0) is 9.59 Å². The van der Waals surface area contributed by atoms with Gasteiger partial charge >= 0.3 is 0 Å². The number of Topliss-reactive ketones (excluding diaryl/α,β-unsaturated/α-hetero) is 1. The molecule has 1 aliphatic rings. The van der Waals surface area contributed by atoms with Crippen molar-refractivity contribution in [3.05, 3.63) is 95.7 Å². The number of amides is 1. The number of rotatable bonds is 5. The van der Waals surface area contributed by atoms with Crippen LogP contribution in [0.15, 0.2) is 84.6 Å². The van der Waals surface area contributed by atoms with Gasteiger partial charge in [-0.15, -0.1) is 0 Å². The van der Waals surface area contributed by atoms with Crippen LogP contribution in [0.25, 0.3) is 16.7 Å². The zero-order valence-electron chi connectivity index (χ0n) is 19.2. The molecule has 0 saturated carbocycles. The molecule has 1 aromatic heterocycles. The lowest BCUT2D eigenvalue weighted by atomic mass is 9.94. The molecule has 3 aromatic carbocycles. The number of carbonyl (C=O) groups excluding carboxylic acids is 2. The minimum atomic E-state index is -0.953. The van der Waals surface area contributed by atoms with Crippen LogP contribution in [0.5, 0.6) is 11.5 Å². The van der Waals surface area contributed by atoms with E-state index in [2.05, 4.69) is 4.98 Å². The number of aromatic amines is 1. The molecule has 7 nitrogen and oxygen atoms in total. The zero-order valence-corrected chi connectivity index (χ0v) is 19.2. The Labute approximate surface area is 201 Å². The number of anilines is 1. The first-order chi connectivity index (χ1) is 16.9. The molecule has 1 amide bonds. The SMILES string of the molecule is CC(C)Oc1ccc(/C(O)=C2\C(=O)C(=O)N(c3ccccc3O)C2c2c[nH]c3ccccc23)cc1. The van der Waals surface area contributed by atoms with Gasteiger partial charge < -0.3 is 19.9 Å². The number of aromatic nitrogens is 1. The van der Waals surface area contributed by atoms with Crippen molar-refractivity contribution in [1.29, 1.82) is 0 Å². The fourth-order valence-corrected chi connectivity index (χ4v) is 4.48. The van der Waals surface area contributed by atoms with Gasteiger partial charge in [-0.05, 0) is 56.3 Å². The summed E-state index contributed by atoms with van der Waals surface area (Å²) in [5.74, 6) is -1.48. The van der Waals surface area contributed by atoms with Crippen LogP contribution >= 0.6 is 0 Å². The molecule has 1 aliphatic heterocycles. The number of phenols is 1. The van der Waals surface area contributed by atoms with E-state index in [4.69, 9.17) is 4.74 Å². The minimum Gasteiger partial charge on any atom is -0.507 e. The number of para-hydroxylation sites is 3. The summed E-state index contributed by atoms with van der Waals surface area (Å²) >= 11 is 0. The van der Waals surface area contributed by atoms with Gasteiger partial charge in [0.15, 0.2) is 0 Å². The normalized spacial score (nSPS) is 17.5. The Balaban J connectivity index is 1.72. The lowest BCUT2D eigenvalue weighted by molar-refractivity contribution is -0.132. The van der Waals surface area contributed by atoms with Gasteiger partial charge in [0.2, 0.25) is 0 Å². The number of benzene rings is 3. The molecule has 3 N–H and O–H groups in total. The number of nitrogens with zero attached hydrogens (tertiary/aromatic N) is 1. The number of aliphatic hydroxyl groups excluding tert-OH is 1. The van der Waals surface area contributed by atoms with Crippen molar-refractivity contribution < 1.29 is 24.5 Å². The van der Waals surface area contributed by atoms with Crippen molar-refractivity contribution in [2.75, 3.05) is 4.90 Å². The quantitative estimate of drug-likeness (QED) is 0.210. The molecule has 0 spiro atoms. The lowest BCUT2D eigenvalue weighted by Gasteiger charge is -2.25. The summed E-state index contributed by atoms with van der Waals surface area (Å²) in [4.78, 5) is 31.1. The zero-order chi connectivity index (χ0) is 24.7. The molecule has 0 aliphatic carbocycles. The third kappa shape index (κ3) is 3.81. The number of nitrogens with one attached hydrogen (secondary N) is 1. The third-order valence-corrected chi connectivity index (χ3v) is 6.00. The van der Waals surface area contributed by atoms with Crippen LogP contribution in [0.3, 0.4) is 0 Å². The van der Waals surface area contributed by atoms with Gasteiger partial charge in [0.1, 0.15) is 17.3 Å². The van der Waals surface area contributed by atoms with Crippen molar-refractivity contribution in [2.24, 2.45) is 0 Å². The van der Waals surface area contributed by atoms with Crippen LogP contribution in [-0.4, -0.2) is 33.0 Å². The summed E-state index contributed by atoms with van der Waals surface area (Å²) in [5, 5.41) is 22.7. The van der Waals surface area contributed by atoms with Crippen molar-refractivity contribution in [2.45, 2.75) is 26.0 Å². The van der Waals surface area contributed by atoms with Crippen LogP contribution in [0, 0.1) is 0 Å². The van der Waals surface area contributed by atoms with Gasteiger partial charge in [-0.1, -0.05) is 30.3 Å². The number of phenolic OH excluding ortho intramolecular Hbond substituents is 1. The van der Waals surface area contributed by atoms with Crippen molar-refractivity contribution in [3.63, 3.8) is 0 Å². The third-order valence-electron chi connectivity index (χ3n) is 6.00. The fraction of sp³-hybridized carbons (Fsp3) is 0.143. The molecule has 1 saturated heterocycles. The Bertz CT molecular complexity index is 1470.